The lowest BCUT2D eigenvalue weighted by atomic mass is 10.2. The van der Waals surface area contributed by atoms with Crippen LogP contribution in [0.15, 0.2) is 6.07 Å². The zero-order chi connectivity index (χ0) is 11.4. The molecule has 90 valence electrons. The summed E-state index contributed by atoms with van der Waals surface area (Å²) in [5.41, 5.74) is 2.59. The van der Waals surface area contributed by atoms with Crippen molar-refractivity contribution in [2.75, 3.05) is 6.54 Å². The fourth-order valence-corrected chi connectivity index (χ4v) is 2.00. The third kappa shape index (κ3) is 3.34. The van der Waals surface area contributed by atoms with E-state index >= 15 is 0 Å². The molecule has 1 aliphatic rings. The maximum Gasteiger partial charge on any atom is 0.0624 e. The van der Waals surface area contributed by atoms with Crippen molar-refractivity contribution in [3.63, 3.8) is 0 Å². The highest BCUT2D eigenvalue weighted by atomic mass is 15.3. The molecule has 1 fully saturated rings. The standard InChI is InChI=1S/C13H23N3/c1-3-11-10-13(16(2)15-11)6-4-5-9-14-12-7-8-12/h10,12,14H,3-9H2,1-2H3. The van der Waals surface area contributed by atoms with E-state index in [1.165, 1.54) is 43.6 Å². The predicted octanol–water partition coefficient (Wildman–Crippen LogP) is 2.06. The second-order valence-electron chi connectivity index (χ2n) is 4.79. The first kappa shape index (κ1) is 11.6. The molecule has 2 rings (SSSR count). The third-order valence-electron chi connectivity index (χ3n) is 3.26. The minimum Gasteiger partial charge on any atom is -0.314 e. The van der Waals surface area contributed by atoms with Crippen molar-refractivity contribution in [1.82, 2.24) is 15.1 Å². The zero-order valence-corrected chi connectivity index (χ0v) is 10.5. The van der Waals surface area contributed by atoms with Crippen LogP contribution in [-0.4, -0.2) is 22.4 Å². The summed E-state index contributed by atoms with van der Waals surface area (Å²) in [5, 5.41) is 8.02. The van der Waals surface area contributed by atoms with Crippen LogP contribution in [-0.2, 0) is 19.9 Å². The molecular formula is C13H23N3. The van der Waals surface area contributed by atoms with Gasteiger partial charge in [-0.3, -0.25) is 4.68 Å². The predicted molar refractivity (Wildman–Crippen MR) is 66.5 cm³/mol. The van der Waals surface area contributed by atoms with Crippen LogP contribution in [0.2, 0.25) is 0 Å². The van der Waals surface area contributed by atoms with Crippen molar-refractivity contribution < 1.29 is 0 Å². The topological polar surface area (TPSA) is 29.9 Å². The molecule has 1 aromatic rings. The number of rotatable bonds is 7. The highest BCUT2D eigenvalue weighted by Gasteiger charge is 2.19. The molecular weight excluding hydrogens is 198 g/mol. The van der Waals surface area contributed by atoms with Gasteiger partial charge in [-0.05, 0) is 51.1 Å². The maximum atomic E-state index is 4.47. The maximum absolute atomic E-state index is 4.47. The van der Waals surface area contributed by atoms with Crippen LogP contribution in [0.1, 0.15) is 44.0 Å². The van der Waals surface area contributed by atoms with E-state index in [1.54, 1.807) is 0 Å². The van der Waals surface area contributed by atoms with E-state index in [0.717, 1.165) is 18.9 Å². The van der Waals surface area contributed by atoms with Gasteiger partial charge in [0.1, 0.15) is 0 Å². The molecule has 0 amide bonds. The summed E-state index contributed by atoms with van der Waals surface area (Å²) >= 11 is 0. The summed E-state index contributed by atoms with van der Waals surface area (Å²) in [4.78, 5) is 0. The molecule has 1 saturated carbocycles. The monoisotopic (exact) mass is 221 g/mol. The lowest BCUT2D eigenvalue weighted by Crippen LogP contribution is -2.17. The first-order chi connectivity index (χ1) is 7.79. The Balaban J connectivity index is 1.65. The Morgan fingerprint density at radius 2 is 2.25 bits per heavy atom. The van der Waals surface area contributed by atoms with E-state index in [4.69, 9.17) is 0 Å². The Labute approximate surface area is 98.2 Å². The molecule has 0 aromatic carbocycles. The molecule has 0 unspecified atom stereocenters. The van der Waals surface area contributed by atoms with Crippen LogP contribution in [0, 0.1) is 0 Å². The fourth-order valence-electron chi connectivity index (χ4n) is 2.00. The van der Waals surface area contributed by atoms with Gasteiger partial charge in [0.15, 0.2) is 0 Å². The summed E-state index contributed by atoms with van der Waals surface area (Å²) in [6.45, 7) is 3.34. The zero-order valence-electron chi connectivity index (χ0n) is 10.5. The molecule has 0 atom stereocenters. The summed E-state index contributed by atoms with van der Waals surface area (Å²) in [6, 6.07) is 3.09. The summed E-state index contributed by atoms with van der Waals surface area (Å²) in [7, 11) is 2.05. The van der Waals surface area contributed by atoms with Crippen LogP contribution in [0.5, 0.6) is 0 Å². The molecule has 1 N–H and O–H groups in total. The van der Waals surface area contributed by atoms with Crippen LogP contribution >= 0.6 is 0 Å². The molecule has 3 heteroatoms. The van der Waals surface area contributed by atoms with E-state index in [9.17, 15) is 0 Å². The molecule has 0 aliphatic heterocycles. The Morgan fingerprint density at radius 3 is 2.88 bits per heavy atom. The van der Waals surface area contributed by atoms with E-state index in [-0.39, 0.29) is 0 Å². The van der Waals surface area contributed by atoms with E-state index in [1.807, 2.05) is 4.68 Å². The van der Waals surface area contributed by atoms with Crippen LogP contribution in [0.4, 0.5) is 0 Å². The number of nitrogens with one attached hydrogen (secondary N) is 1. The van der Waals surface area contributed by atoms with E-state index in [2.05, 4.69) is 30.5 Å². The van der Waals surface area contributed by atoms with Gasteiger partial charge in [0.25, 0.3) is 0 Å². The third-order valence-corrected chi connectivity index (χ3v) is 3.26. The largest absolute Gasteiger partial charge is 0.314 e. The molecule has 3 nitrogen and oxygen atoms in total. The minimum absolute atomic E-state index is 0.850. The van der Waals surface area contributed by atoms with Crippen LogP contribution in [0.3, 0.4) is 0 Å². The highest BCUT2D eigenvalue weighted by molar-refractivity contribution is 5.10. The number of aromatic nitrogens is 2. The van der Waals surface area contributed by atoms with Gasteiger partial charge in [0.2, 0.25) is 0 Å². The first-order valence-electron chi connectivity index (χ1n) is 6.54. The average molecular weight is 221 g/mol. The van der Waals surface area contributed by atoms with Crippen molar-refractivity contribution in [3.8, 4) is 0 Å². The number of unbranched alkanes of at least 4 members (excludes halogenated alkanes) is 1. The SMILES string of the molecule is CCc1cc(CCCCNC2CC2)n(C)n1. The molecule has 0 spiro atoms. The molecule has 16 heavy (non-hydrogen) atoms. The van der Waals surface area contributed by atoms with Gasteiger partial charge < -0.3 is 5.32 Å². The van der Waals surface area contributed by atoms with Crippen molar-refractivity contribution in [2.45, 2.75) is 51.5 Å². The first-order valence-corrected chi connectivity index (χ1v) is 6.54. The Morgan fingerprint density at radius 1 is 1.44 bits per heavy atom. The smallest absolute Gasteiger partial charge is 0.0624 e. The van der Waals surface area contributed by atoms with Gasteiger partial charge in [-0.15, -0.1) is 0 Å². The number of hydrogen-bond donors (Lipinski definition) is 1. The van der Waals surface area contributed by atoms with E-state index in [0.29, 0.717) is 0 Å². The van der Waals surface area contributed by atoms with Gasteiger partial charge in [-0.1, -0.05) is 6.92 Å². The van der Waals surface area contributed by atoms with Gasteiger partial charge in [-0.25, -0.2) is 0 Å². The fraction of sp³-hybridized carbons (Fsp3) is 0.769. The summed E-state index contributed by atoms with van der Waals surface area (Å²) < 4.78 is 2.03. The van der Waals surface area contributed by atoms with Gasteiger partial charge in [-0.2, -0.15) is 5.10 Å². The van der Waals surface area contributed by atoms with Crippen LogP contribution < -0.4 is 5.32 Å². The van der Waals surface area contributed by atoms with Gasteiger partial charge in [0.05, 0.1) is 5.69 Å². The molecule has 0 bridgehead atoms. The Bertz CT molecular complexity index is 326. The van der Waals surface area contributed by atoms with Gasteiger partial charge >= 0.3 is 0 Å². The normalized spacial score (nSPS) is 15.6. The number of hydrogen-bond acceptors (Lipinski definition) is 2. The highest BCUT2D eigenvalue weighted by Crippen LogP contribution is 2.18. The van der Waals surface area contributed by atoms with Crippen LogP contribution in [0.25, 0.3) is 0 Å². The van der Waals surface area contributed by atoms with Crippen molar-refractivity contribution >= 4 is 0 Å². The van der Waals surface area contributed by atoms with Crippen molar-refractivity contribution in [3.05, 3.63) is 17.5 Å². The molecule has 1 aliphatic carbocycles. The van der Waals surface area contributed by atoms with Crippen molar-refractivity contribution in [2.24, 2.45) is 7.05 Å². The lowest BCUT2D eigenvalue weighted by Gasteiger charge is -2.03. The van der Waals surface area contributed by atoms with E-state index < -0.39 is 0 Å². The second-order valence-corrected chi connectivity index (χ2v) is 4.79. The second kappa shape index (κ2) is 5.48. The summed E-state index contributed by atoms with van der Waals surface area (Å²) in [6.07, 6.45) is 7.53. The Hall–Kier alpha value is -0.830. The molecule has 1 aromatic heterocycles. The quantitative estimate of drug-likeness (QED) is 0.714. The lowest BCUT2D eigenvalue weighted by molar-refractivity contribution is 0.602. The number of nitrogens with zero attached hydrogens (tertiary/aromatic N) is 2. The molecule has 0 radical (unpaired) electrons. The average Bonchev–Trinajstić information content (AvgIpc) is 3.03. The molecule has 1 heterocycles. The van der Waals surface area contributed by atoms with Crippen molar-refractivity contribution in [1.29, 1.82) is 0 Å². The van der Waals surface area contributed by atoms with Gasteiger partial charge in [0, 0.05) is 18.8 Å². The number of aryl methyl sites for hydroxylation is 3. The molecule has 0 saturated heterocycles. The summed E-state index contributed by atoms with van der Waals surface area (Å²) in [5.74, 6) is 0. The minimum atomic E-state index is 0.850. The Kier molecular flexibility index (Phi) is 3.99.